The molecule has 112 valence electrons. The second-order valence-corrected chi connectivity index (χ2v) is 4.60. The average Bonchev–Trinajstić information content (AvgIpc) is 2.58. The van der Waals surface area contributed by atoms with Crippen LogP contribution in [0.25, 0.3) is 6.08 Å². The molecule has 3 N–H and O–H groups in total. The van der Waals surface area contributed by atoms with E-state index in [4.69, 9.17) is 5.21 Å². The van der Waals surface area contributed by atoms with Crippen molar-refractivity contribution < 1.29 is 10.0 Å². The van der Waals surface area contributed by atoms with Gasteiger partial charge in [0.05, 0.1) is 11.4 Å². The van der Waals surface area contributed by atoms with E-state index >= 15 is 0 Å². The molecule has 1 amide bonds. The van der Waals surface area contributed by atoms with Gasteiger partial charge in [-0.15, -0.1) is 0 Å². The van der Waals surface area contributed by atoms with E-state index in [1.54, 1.807) is 29.8 Å². The van der Waals surface area contributed by atoms with Crippen LogP contribution in [0.5, 0.6) is 0 Å². The number of nitrogens with zero attached hydrogens (tertiary/aromatic N) is 1. The van der Waals surface area contributed by atoms with Crippen molar-refractivity contribution in [1.29, 1.82) is 0 Å². The number of nitrogens with one attached hydrogen (secondary N) is 2. The molecule has 0 unspecified atom stereocenters. The quantitative estimate of drug-likeness (QED) is 0.434. The molecule has 0 bridgehead atoms. The van der Waals surface area contributed by atoms with E-state index < -0.39 is 5.91 Å². The molecule has 22 heavy (non-hydrogen) atoms. The van der Waals surface area contributed by atoms with Crippen molar-refractivity contribution in [3.05, 3.63) is 65.7 Å². The van der Waals surface area contributed by atoms with Gasteiger partial charge in [0.1, 0.15) is 0 Å². The summed E-state index contributed by atoms with van der Waals surface area (Å²) in [7, 11) is 0. The summed E-state index contributed by atoms with van der Waals surface area (Å²) in [6, 6.07) is 12.7. The largest absolute Gasteiger partial charge is 0.379 e. The van der Waals surface area contributed by atoms with Gasteiger partial charge in [-0.1, -0.05) is 36.9 Å². The molecule has 0 saturated carbocycles. The lowest BCUT2D eigenvalue weighted by molar-refractivity contribution is 0.0706. The Hall–Kier alpha value is -2.92. The van der Waals surface area contributed by atoms with E-state index in [2.05, 4.69) is 23.6 Å². The van der Waals surface area contributed by atoms with E-state index in [1.165, 1.54) is 0 Å². The lowest BCUT2D eigenvalue weighted by Gasteiger charge is -2.12. The Morgan fingerprint density at radius 3 is 2.73 bits per heavy atom. The minimum atomic E-state index is -0.538. The topological polar surface area (TPSA) is 73.7 Å². The number of carbonyl (C=O) groups excluding carboxylic acids is 1. The molecule has 0 aromatic heterocycles. The molecule has 0 aliphatic heterocycles. The predicted octanol–water partition coefficient (Wildman–Crippen LogP) is 3.39. The molecule has 0 aliphatic rings. The van der Waals surface area contributed by atoms with E-state index in [9.17, 15) is 4.79 Å². The van der Waals surface area contributed by atoms with E-state index in [0.717, 1.165) is 22.5 Å². The second-order valence-electron chi connectivity index (χ2n) is 4.60. The third kappa shape index (κ3) is 3.39. The first-order chi connectivity index (χ1) is 10.7. The maximum atomic E-state index is 11.4. The molecule has 2 aromatic carbocycles. The normalized spacial score (nSPS) is 9.86. The van der Waals surface area contributed by atoms with Gasteiger partial charge >= 0.3 is 0 Å². The van der Waals surface area contributed by atoms with Crippen LogP contribution in [0.3, 0.4) is 0 Å². The first-order valence-electron chi connectivity index (χ1n) is 6.69. The third-order valence-corrected chi connectivity index (χ3v) is 3.22. The van der Waals surface area contributed by atoms with Crippen molar-refractivity contribution in [1.82, 2.24) is 5.48 Å². The monoisotopic (exact) mass is 295 g/mol. The zero-order chi connectivity index (χ0) is 15.9. The molecular formula is C17H17N3O2. The van der Waals surface area contributed by atoms with Crippen molar-refractivity contribution in [2.75, 3.05) is 5.32 Å². The molecular weight excluding hydrogens is 278 g/mol. The maximum Gasteiger partial charge on any atom is 0.274 e. The van der Waals surface area contributed by atoms with Crippen LogP contribution < -0.4 is 10.8 Å². The summed E-state index contributed by atoms with van der Waals surface area (Å²) < 4.78 is 0. The second kappa shape index (κ2) is 7.19. The van der Waals surface area contributed by atoms with E-state index in [-0.39, 0.29) is 0 Å². The molecule has 0 radical (unpaired) electrons. The highest BCUT2D eigenvalue weighted by molar-refractivity contribution is 5.93. The summed E-state index contributed by atoms with van der Waals surface area (Å²) in [5.74, 6) is -0.538. The molecule has 0 atom stereocenters. The summed E-state index contributed by atoms with van der Waals surface area (Å²) in [4.78, 5) is 15.4. The fraction of sp³-hybridized carbons (Fsp3) is 0.0588. The summed E-state index contributed by atoms with van der Waals surface area (Å²) in [5, 5.41) is 11.9. The first kappa shape index (κ1) is 15.5. The van der Waals surface area contributed by atoms with Crippen LogP contribution in [0.15, 0.2) is 54.0 Å². The smallest absolute Gasteiger partial charge is 0.274 e. The van der Waals surface area contributed by atoms with Gasteiger partial charge in [-0.3, -0.25) is 15.0 Å². The van der Waals surface area contributed by atoms with Crippen molar-refractivity contribution in [3.63, 3.8) is 0 Å². The minimum Gasteiger partial charge on any atom is -0.379 e. The predicted molar refractivity (Wildman–Crippen MR) is 88.8 cm³/mol. The van der Waals surface area contributed by atoms with Crippen molar-refractivity contribution in [3.8, 4) is 0 Å². The van der Waals surface area contributed by atoms with Crippen LogP contribution in [0.4, 0.5) is 11.4 Å². The molecule has 0 fully saturated rings. The number of aliphatic imine (C=N–C) groups is 1. The number of hydroxylamine groups is 1. The molecule has 0 heterocycles. The molecule has 5 heteroatoms. The lowest BCUT2D eigenvalue weighted by atomic mass is 10.1. The molecule has 2 aromatic rings. The SMILES string of the molecule is C=Cc1cccc(NCc2cccc(C(=O)NO)c2)c1N=C. The fourth-order valence-electron chi connectivity index (χ4n) is 2.13. The molecule has 5 nitrogen and oxygen atoms in total. The van der Waals surface area contributed by atoms with Crippen LogP contribution in [0.2, 0.25) is 0 Å². The standard InChI is InChI=1S/C17H17N3O2/c1-3-13-7-5-9-15(16(13)18-2)19-11-12-6-4-8-14(10-12)17(21)20-22/h3-10,19,22H,1-2,11H2,(H,20,21). The Morgan fingerprint density at radius 1 is 1.27 bits per heavy atom. The number of rotatable bonds is 6. The van der Waals surface area contributed by atoms with Crippen LogP contribution in [0, 0.1) is 0 Å². The van der Waals surface area contributed by atoms with Gasteiger partial charge in [0.15, 0.2) is 0 Å². The summed E-state index contributed by atoms with van der Waals surface area (Å²) in [6.45, 7) is 7.85. The van der Waals surface area contributed by atoms with Crippen molar-refractivity contribution in [2.24, 2.45) is 4.99 Å². The first-order valence-corrected chi connectivity index (χ1v) is 6.69. The maximum absolute atomic E-state index is 11.4. The van der Waals surface area contributed by atoms with Gasteiger partial charge in [0.2, 0.25) is 0 Å². The highest BCUT2D eigenvalue weighted by atomic mass is 16.5. The van der Waals surface area contributed by atoms with Crippen molar-refractivity contribution >= 4 is 30.1 Å². The van der Waals surface area contributed by atoms with Crippen LogP contribution >= 0.6 is 0 Å². The van der Waals surface area contributed by atoms with Crippen LogP contribution in [-0.4, -0.2) is 17.8 Å². The number of amides is 1. The fourth-order valence-corrected chi connectivity index (χ4v) is 2.13. The van der Waals surface area contributed by atoms with Gasteiger partial charge in [0.25, 0.3) is 5.91 Å². The number of anilines is 1. The Kier molecular flexibility index (Phi) is 5.06. The Morgan fingerprint density at radius 2 is 2.05 bits per heavy atom. The Balaban J connectivity index is 2.19. The van der Waals surface area contributed by atoms with Crippen LogP contribution in [0.1, 0.15) is 21.5 Å². The zero-order valence-corrected chi connectivity index (χ0v) is 12.0. The number of benzene rings is 2. The van der Waals surface area contributed by atoms with Gasteiger partial charge in [-0.25, -0.2) is 5.48 Å². The Bertz CT molecular complexity index is 711. The van der Waals surface area contributed by atoms with Crippen molar-refractivity contribution in [2.45, 2.75) is 6.54 Å². The van der Waals surface area contributed by atoms with Gasteiger partial charge in [-0.05, 0) is 30.5 Å². The lowest BCUT2D eigenvalue weighted by Crippen LogP contribution is -2.18. The number of carbonyl (C=O) groups is 1. The third-order valence-electron chi connectivity index (χ3n) is 3.22. The molecule has 0 spiro atoms. The number of para-hydroxylation sites is 1. The van der Waals surface area contributed by atoms with Crippen LogP contribution in [-0.2, 0) is 6.54 Å². The summed E-state index contributed by atoms with van der Waals surface area (Å²) in [6.07, 6.45) is 1.72. The van der Waals surface area contributed by atoms with Gasteiger partial charge in [0, 0.05) is 17.7 Å². The highest BCUT2D eigenvalue weighted by Crippen LogP contribution is 2.30. The zero-order valence-electron chi connectivity index (χ0n) is 12.0. The molecule has 2 rings (SSSR count). The van der Waals surface area contributed by atoms with Gasteiger partial charge in [-0.2, -0.15) is 0 Å². The summed E-state index contributed by atoms with van der Waals surface area (Å²) >= 11 is 0. The van der Waals surface area contributed by atoms with Gasteiger partial charge < -0.3 is 5.32 Å². The molecule has 0 aliphatic carbocycles. The summed E-state index contributed by atoms with van der Waals surface area (Å²) in [5.41, 5.74) is 5.39. The molecule has 0 saturated heterocycles. The van der Waals surface area contributed by atoms with E-state index in [0.29, 0.717) is 12.1 Å². The average molecular weight is 295 g/mol. The van der Waals surface area contributed by atoms with E-state index in [1.807, 2.05) is 24.3 Å². The Labute approximate surface area is 129 Å². The number of hydrogen-bond donors (Lipinski definition) is 3. The highest BCUT2D eigenvalue weighted by Gasteiger charge is 2.06. The number of hydrogen-bond acceptors (Lipinski definition) is 4. The minimum absolute atomic E-state index is 0.392.